The van der Waals surface area contributed by atoms with Crippen molar-refractivity contribution >= 4 is 5.91 Å². The third-order valence-corrected chi connectivity index (χ3v) is 4.49. The average molecular weight is 331 g/mol. The van der Waals surface area contributed by atoms with Gasteiger partial charge in [-0.3, -0.25) is 9.89 Å². The highest BCUT2D eigenvalue weighted by Gasteiger charge is 2.25. The van der Waals surface area contributed by atoms with E-state index in [1.54, 1.807) is 12.1 Å². The molecule has 5 nitrogen and oxygen atoms in total. The summed E-state index contributed by atoms with van der Waals surface area (Å²) in [6.45, 7) is 3.35. The number of hydrogen-bond acceptors (Lipinski definition) is 3. The summed E-state index contributed by atoms with van der Waals surface area (Å²) in [7, 11) is 0. The molecule has 0 aliphatic carbocycles. The Morgan fingerprint density at radius 2 is 2.29 bits per heavy atom. The van der Waals surface area contributed by atoms with Crippen LogP contribution in [-0.2, 0) is 11.2 Å². The van der Waals surface area contributed by atoms with Crippen molar-refractivity contribution in [3.63, 3.8) is 0 Å². The molecule has 1 aromatic heterocycles. The fourth-order valence-electron chi connectivity index (χ4n) is 3.12. The van der Waals surface area contributed by atoms with Crippen LogP contribution in [0, 0.1) is 18.7 Å². The zero-order chi connectivity index (χ0) is 16.9. The van der Waals surface area contributed by atoms with Crippen LogP contribution >= 0.6 is 0 Å². The highest BCUT2D eigenvalue weighted by atomic mass is 19.1. The van der Waals surface area contributed by atoms with Crippen LogP contribution in [0.15, 0.2) is 30.5 Å². The molecule has 1 amide bonds. The molecule has 24 heavy (non-hydrogen) atoms. The molecule has 6 heteroatoms. The SMILES string of the molecule is Cc1cn[nH]c1CC1CCCN(C(=O)COc2ccccc2F)C1. The van der Waals surface area contributed by atoms with Gasteiger partial charge in [0.25, 0.3) is 5.91 Å². The number of nitrogens with zero attached hydrogens (tertiary/aromatic N) is 2. The Morgan fingerprint density at radius 3 is 3.04 bits per heavy atom. The average Bonchev–Trinajstić information content (AvgIpc) is 2.99. The summed E-state index contributed by atoms with van der Waals surface area (Å²) in [5.74, 6) is -0.0105. The number of carbonyl (C=O) groups excluding carboxylic acids is 1. The Labute approximate surface area is 140 Å². The number of para-hydroxylation sites is 1. The predicted molar refractivity (Wildman–Crippen MR) is 88.2 cm³/mol. The van der Waals surface area contributed by atoms with E-state index in [1.165, 1.54) is 12.1 Å². The van der Waals surface area contributed by atoms with Gasteiger partial charge in [0.05, 0.1) is 6.20 Å². The van der Waals surface area contributed by atoms with E-state index in [9.17, 15) is 9.18 Å². The number of amides is 1. The van der Waals surface area contributed by atoms with Crippen LogP contribution in [0.3, 0.4) is 0 Å². The molecule has 0 saturated carbocycles. The van der Waals surface area contributed by atoms with Gasteiger partial charge in [-0.25, -0.2) is 4.39 Å². The lowest BCUT2D eigenvalue weighted by Gasteiger charge is -2.32. The molecule has 0 bridgehead atoms. The van der Waals surface area contributed by atoms with Crippen molar-refractivity contribution in [1.29, 1.82) is 0 Å². The summed E-state index contributed by atoms with van der Waals surface area (Å²) >= 11 is 0. The molecule has 1 atom stereocenters. The van der Waals surface area contributed by atoms with Gasteiger partial charge in [0.15, 0.2) is 18.2 Å². The van der Waals surface area contributed by atoms with E-state index in [4.69, 9.17) is 4.74 Å². The van der Waals surface area contributed by atoms with Gasteiger partial charge in [0.2, 0.25) is 0 Å². The molecule has 1 aromatic carbocycles. The zero-order valence-corrected chi connectivity index (χ0v) is 13.8. The third-order valence-electron chi connectivity index (χ3n) is 4.49. The zero-order valence-electron chi connectivity index (χ0n) is 13.8. The first-order valence-corrected chi connectivity index (χ1v) is 8.27. The van der Waals surface area contributed by atoms with E-state index < -0.39 is 5.82 Å². The number of halogens is 1. The van der Waals surface area contributed by atoms with Gasteiger partial charge in [-0.05, 0) is 49.8 Å². The van der Waals surface area contributed by atoms with Crippen LogP contribution in [0.5, 0.6) is 5.75 Å². The van der Waals surface area contributed by atoms with Crippen LogP contribution in [0.25, 0.3) is 0 Å². The second-order valence-corrected chi connectivity index (χ2v) is 6.30. The van der Waals surface area contributed by atoms with Crippen molar-refractivity contribution < 1.29 is 13.9 Å². The number of nitrogens with one attached hydrogen (secondary N) is 1. The molecule has 1 aliphatic rings. The van der Waals surface area contributed by atoms with Gasteiger partial charge < -0.3 is 9.64 Å². The second kappa shape index (κ2) is 7.47. The number of carbonyl (C=O) groups is 1. The Morgan fingerprint density at radius 1 is 1.46 bits per heavy atom. The van der Waals surface area contributed by atoms with Gasteiger partial charge in [-0.1, -0.05) is 12.1 Å². The summed E-state index contributed by atoms with van der Waals surface area (Å²) < 4.78 is 18.9. The normalized spacial score (nSPS) is 17.8. The topological polar surface area (TPSA) is 58.2 Å². The molecule has 1 fully saturated rings. The first-order chi connectivity index (χ1) is 11.6. The van der Waals surface area contributed by atoms with Crippen molar-refractivity contribution in [2.75, 3.05) is 19.7 Å². The van der Waals surface area contributed by atoms with Crippen LogP contribution in [0.2, 0.25) is 0 Å². The van der Waals surface area contributed by atoms with Crippen LogP contribution in [0.4, 0.5) is 4.39 Å². The van der Waals surface area contributed by atoms with Crippen molar-refractivity contribution in [2.24, 2.45) is 5.92 Å². The monoisotopic (exact) mass is 331 g/mol. The number of ether oxygens (including phenoxy) is 1. The highest BCUT2D eigenvalue weighted by Crippen LogP contribution is 2.22. The number of hydrogen-bond donors (Lipinski definition) is 1. The number of H-pyrrole nitrogens is 1. The molecule has 128 valence electrons. The number of aromatic nitrogens is 2. The quantitative estimate of drug-likeness (QED) is 0.916. The highest BCUT2D eigenvalue weighted by molar-refractivity contribution is 5.77. The van der Waals surface area contributed by atoms with E-state index in [0.717, 1.165) is 37.1 Å². The molecule has 0 spiro atoms. The minimum absolute atomic E-state index is 0.0933. The van der Waals surface area contributed by atoms with Crippen LogP contribution in [0.1, 0.15) is 24.1 Å². The maximum absolute atomic E-state index is 13.5. The Bertz CT molecular complexity index is 701. The number of likely N-dealkylation sites (tertiary alicyclic amines) is 1. The number of aryl methyl sites for hydroxylation is 1. The minimum atomic E-state index is -0.448. The van der Waals surface area contributed by atoms with E-state index in [2.05, 4.69) is 10.2 Å². The summed E-state index contributed by atoms with van der Waals surface area (Å²) in [5.41, 5.74) is 2.29. The Balaban J connectivity index is 1.53. The second-order valence-electron chi connectivity index (χ2n) is 6.30. The minimum Gasteiger partial charge on any atom is -0.481 e. The fourth-order valence-corrected chi connectivity index (χ4v) is 3.12. The fraction of sp³-hybridized carbons (Fsp3) is 0.444. The van der Waals surface area contributed by atoms with Crippen molar-refractivity contribution in [2.45, 2.75) is 26.2 Å². The van der Waals surface area contributed by atoms with Gasteiger partial charge in [0.1, 0.15) is 0 Å². The molecule has 1 saturated heterocycles. The number of benzene rings is 1. The van der Waals surface area contributed by atoms with Crippen molar-refractivity contribution in [3.8, 4) is 5.75 Å². The van der Waals surface area contributed by atoms with E-state index >= 15 is 0 Å². The smallest absolute Gasteiger partial charge is 0.260 e. The van der Waals surface area contributed by atoms with Gasteiger partial charge in [-0.15, -0.1) is 0 Å². The Hall–Kier alpha value is -2.37. The molecule has 2 heterocycles. The molecule has 2 aromatic rings. The first kappa shape index (κ1) is 16.5. The molecule has 0 radical (unpaired) electrons. The van der Waals surface area contributed by atoms with E-state index in [-0.39, 0.29) is 18.3 Å². The summed E-state index contributed by atoms with van der Waals surface area (Å²) in [5, 5.41) is 7.08. The standard InChI is InChI=1S/C18H22FN3O2/c1-13-10-20-21-16(13)9-14-5-4-8-22(11-14)18(23)12-24-17-7-3-2-6-15(17)19/h2-3,6-7,10,14H,4-5,8-9,11-12H2,1H3,(H,20,21). The molecular formula is C18H22FN3O2. The molecule has 1 aliphatic heterocycles. The van der Waals surface area contributed by atoms with Gasteiger partial charge in [0, 0.05) is 18.8 Å². The lowest BCUT2D eigenvalue weighted by molar-refractivity contribution is -0.135. The summed E-state index contributed by atoms with van der Waals surface area (Å²) in [6, 6.07) is 6.13. The molecule has 1 unspecified atom stereocenters. The number of piperidine rings is 1. The van der Waals surface area contributed by atoms with Crippen LogP contribution in [-0.4, -0.2) is 40.7 Å². The number of aromatic amines is 1. The predicted octanol–water partition coefficient (Wildman–Crippen LogP) is 2.72. The first-order valence-electron chi connectivity index (χ1n) is 8.27. The van der Waals surface area contributed by atoms with Crippen molar-refractivity contribution in [3.05, 3.63) is 47.5 Å². The molecular weight excluding hydrogens is 309 g/mol. The van der Waals surface area contributed by atoms with E-state index in [0.29, 0.717) is 12.5 Å². The largest absolute Gasteiger partial charge is 0.481 e. The Kier molecular flexibility index (Phi) is 5.13. The van der Waals surface area contributed by atoms with E-state index in [1.807, 2.05) is 18.0 Å². The molecule has 3 rings (SSSR count). The summed E-state index contributed by atoms with van der Waals surface area (Å²) in [4.78, 5) is 14.2. The lowest BCUT2D eigenvalue weighted by atomic mass is 9.92. The third kappa shape index (κ3) is 3.93. The maximum Gasteiger partial charge on any atom is 0.260 e. The van der Waals surface area contributed by atoms with Crippen molar-refractivity contribution in [1.82, 2.24) is 15.1 Å². The van der Waals surface area contributed by atoms with Crippen LogP contribution < -0.4 is 4.74 Å². The maximum atomic E-state index is 13.5. The summed E-state index contributed by atoms with van der Waals surface area (Å²) in [6.07, 6.45) is 4.78. The molecule has 1 N–H and O–H groups in total. The lowest BCUT2D eigenvalue weighted by Crippen LogP contribution is -2.42. The van der Waals surface area contributed by atoms with Gasteiger partial charge >= 0.3 is 0 Å². The van der Waals surface area contributed by atoms with Gasteiger partial charge in [-0.2, -0.15) is 5.10 Å². The number of rotatable bonds is 5.